The van der Waals surface area contributed by atoms with Crippen LogP contribution in [0.15, 0.2) is 260 Å². The van der Waals surface area contributed by atoms with Crippen molar-refractivity contribution in [3.05, 3.63) is 256 Å². The van der Waals surface area contributed by atoms with E-state index in [1.807, 2.05) is 116 Å². The zero-order valence-electron chi connectivity index (χ0n) is 39.3. The molecule has 342 valence electrons. The first kappa shape index (κ1) is 43.1. The largest absolute Gasteiger partial charge is 0.454 e. The highest BCUT2D eigenvalue weighted by atomic mass is 16.3. The summed E-state index contributed by atoms with van der Waals surface area (Å²) in [6.07, 6.45) is 11.2. The first-order chi connectivity index (χ1) is 36.2. The van der Waals surface area contributed by atoms with Gasteiger partial charge in [-0.15, -0.1) is 0 Å². The Morgan fingerprint density at radius 1 is 0.247 bits per heavy atom. The second kappa shape index (κ2) is 18.7. The van der Waals surface area contributed by atoms with Gasteiger partial charge in [0, 0.05) is 81.3 Å². The molecule has 0 spiro atoms. The summed E-state index contributed by atoms with van der Waals surface area (Å²) in [6.45, 7) is 0. The first-order valence-electron chi connectivity index (χ1n) is 24.2. The maximum atomic E-state index is 6.68. The summed E-state index contributed by atoms with van der Waals surface area (Å²) >= 11 is 0. The maximum absolute atomic E-state index is 6.68. The molecule has 13 rings (SSSR count). The van der Waals surface area contributed by atoms with Crippen molar-refractivity contribution in [2.75, 3.05) is 0 Å². The Bertz CT molecular complexity index is 3980. The average Bonchev–Trinajstić information content (AvgIpc) is 3.87. The molecule has 13 aromatic rings. The molecular formula is C66H42N6O. The lowest BCUT2D eigenvalue weighted by molar-refractivity contribution is 0.668. The maximum Gasteiger partial charge on any atom is 0.161 e. The molecule has 0 saturated carbocycles. The van der Waals surface area contributed by atoms with E-state index in [2.05, 4.69) is 149 Å². The number of benzene rings is 6. The van der Waals surface area contributed by atoms with Gasteiger partial charge in [0.15, 0.2) is 5.58 Å². The summed E-state index contributed by atoms with van der Waals surface area (Å²) in [5.74, 6) is 0. The zero-order chi connectivity index (χ0) is 48.5. The van der Waals surface area contributed by atoms with Crippen LogP contribution in [0.4, 0.5) is 0 Å². The molecule has 0 saturated heterocycles. The lowest BCUT2D eigenvalue weighted by Crippen LogP contribution is -1.95. The van der Waals surface area contributed by atoms with Gasteiger partial charge in [0.05, 0.1) is 28.5 Å². The zero-order valence-corrected chi connectivity index (χ0v) is 39.3. The molecule has 6 aromatic carbocycles. The van der Waals surface area contributed by atoms with Crippen molar-refractivity contribution in [1.29, 1.82) is 0 Å². The van der Waals surface area contributed by atoms with Crippen LogP contribution in [0.25, 0.3) is 134 Å². The Balaban J connectivity index is 1.01. The number of hydrogen-bond donors (Lipinski definition) is 0. The third kappa shape index (κ3) is 8.20. The fourth-order valence-electron chi connectivity index (χ4n) is 9.97. The first-order valence-corrected chi connectivity index (χ1v) is 24.2. The molecule has 0 aliphatic carbocycles. The van der Waals surface area contributed by atoms with E-state index in [9.17, 15) is 0 Å². The summed E-state index contributed by atoms with van der Waals surface area (Å²) in [5, 5.41) is 2.06. The van der Waals surface area contributed by atoms with Gasteiger partial charge < -0.3 is 4.42 Å². The Hall–Kier alpha value is -9.98. The van der Waals surface area contributed by atoms with E-state index < -0.39 is 0 Å². The second-order valence-corrected chi connectivity index (χ2v) is 17.8. The third-order valence-corrected chi connectivity index (χ3v) is 13.5. The number of aromatic nitrogens is 6. The van der Waals surface area contributed by atoms with Gasteiger partial charge in [-0.25, -0.2) is 0 Å². The molecule has 0 atom stereocenters. The van der Waals surface area contributed by atoms with Crippen molar-refractivity contribution < 1.29 is 4.42 Å². The van der Waals surface area contributed by atoms with Crippen molar-refractivity contribution >= 4 is 21.9 Å². The molecule has 0 radical (unpaired) electrons. The van der Waals surface area contributed by atoms with Gasteiger partial charge in [0.25, 0.3) is 0 Å². The fraction of sp³-hybridized carbons (Fsp3) is 0. The number of furan rings is 1. The summed E-state index contributed by atoms with van der Waals surface area (Å²) in [6, 6.07) is 75.6. The SMILES string of the molecule is c1ccc(-c2ccc(-c3ccccc3-c3cc(-c4ccccc4-c4ccc(-c5ccccn5)cn4)cc(-c4ccccc4-c4ccc(-c5ccccn5)cc4-c4nccc5c4oc4ccccc45)c3)nc2)nc1. The van der Waals surface area contributed by atoms with Gasteiger partial charge in [-0.1, -0.05) is 121 Å². The van der Waals surface area contributed by atoms with E-state index in [1.165, 1.54) is 0 Å². The average molecular weight is 935 g/mol. The molecule has 7 heteroatoms. The Morgan fingerprint density at radius 2 is 0.699 bits per heavy atom. The molecule has 0 bridgehead atoms. The number of rotatable bonds is 10. The minimum Gasteiger partial charge on any atom is -0.454 e. The molecule has 0 N–H and O–H groups in total. The van der Waals surface area contributed by atoms with E-state index >= 15 is 0 Å². The topological polar surface area (TPSA) is 90.5 Å². The Morgan fingerprint density at radius 3 is 1.22 bits per heavy atom. The summed E-state index contributed by atoms with van der Waals surface area (Å²) in [4.78, 5) is 29.1. The van der Waals surface area contributed by atoms with Crippen LogP contribution in [0, 0.1) is 0 Å². The monoisotopic (exact) mass is 934 g/mol. The second-order valence-electron chi connectivity index (χ2n) is 17.8. The number of nitrogens with zero attached hydrogens (tertiary/aromatic N) is 6. The highest BCUT2D eigenvalue weighted by Crippen LogP contribution is 2.46. The van der Waals surface area contributed by atoms with Crippen LogP contribution < -0.4 is 0 Å². The van der Waals surface area contributed by atoms with Gasteiger partial charge in [-0.2, -0.15) is 0 Å². The van der Waals surface area contributed by atoms with Gasteiger partial charge in [-0.05, 0) is 142 Å². The molecule has 73 heavy (non-hydrogen) atoms. The predicted molar refractivity (Wildman–Crippen MR) is 295 cm³/mol. The number of fused-ring (bicyclic) bond motifs is 3. The predicted octanol–water partition coefficient (Wildman–Crippen LogP) is 16.6. The summed E-state index contributed by atoms with van der Waals surface area (Å²) < 4.78 is 6.68. The lowest BCUT2D eigenvalue weighted by Gasteiger charge is -2.19. The molecule has 7 heterocycles. The highest BCUT2D eigenvalue weighted by molar-refractivity contribution is 6.10. The van der Waals surface area contributed by atoms with E-state index in [0.717, 1.165) is 134 Å². The van der Waals surface area contributed by atoms with Crippen LogP contribution in [0.5, 0.6) is 0 Å². The number of para-hydroxylation sites is 1. The molecule has 0 aliphatic rings. The molecule has 0 amide bonds. The van der Waals surface area contributed by atoms with Gasteiger partial charge in [0.2, 0.25) is 0 Å². The number of pyridine rings is 6. The van der Waals surface area contributed by atoms with E-state index in [1.54, 1.807) is 0 Å². The summed E-state index contributed by atoms with van der Waals surface area (Å²) in [5.41, 5.74) is 20.9. The van der Waals surface area contributed by atoms with E-state index in [0.29, 0.717) is 0 Å². The van der Waals surface area contributed by atoms with Crippen molar-refractivity contribution in [2.45, 2.75) is 0 Å². The van der Waals surface area contributed by atoms with E-state index in [-0.39, 0.29) is 0 Å². The van der Waals surface area contributed by atoms with Crippen LogP contribution >= 0.6 is 0 Å². The van der Waals surface area contributed by atoms with Crippen molar-refractivity contribution in [2.24, 2.45) is 0 Å². The molecule has 7 nitrogen and oxygen atoms in total. The standard InChI is InChI=1S/C66H42N6O/c1-4-18-52(53-29-26-43(59-22-9-12-33-67-59)40-58(53)65-66-57(32-36-70-65)56-21-7-8-25-64(56)73-66)49(15-1)46-37-47(50-16-2-5-19-54(50)62-30-27-44(41-71-62)60-23-10-13-34-68-60)39-48(38-46)51-17-3-6-20-55(51)63-31-28-45(42-72-63)61-24-11-14-35-69-61/h1-42H. The van der Waals surface area contributed by atoms with E-state index in [4.69, 9.17) is 24.4 Å². The van der Waals surface area contributed by atoms with Crippen LogP contribution in [-0.2, 0) is 0 Å². The molecule has 7 aromatic heterocycles. The Kier molecular flexibility index (Phi) is 11.1. The molecular weight excluding hydrogens is 893 g/mol. The highest BCUT2D eigenvalue weighted by Gasteiger charge is 2.22. The molecule has 0 unspecified atom stereocenters. The Labute approximate surface area is 421 Å². The minimum atomic E-state index is 0.737. The van der Waals surface area contributed by atoms with Crippen molar-refractivity contribution in [3.8, 4) is 112 Å². The summed E-state index contributed by atoms with van der Waals surface area (Å²) in [7, 11) is 0. The smallest absolute Gasteiger partial charge is 0.161 e. The van der Waals surface area contributed by atoms with Gasteiger partial charge in [-0.3, -0.25) is 29.9 Å². The van der Waals surface area contributed by atoms with Crippen LogP contribution in [-0.4, -0.2) is 29.9 Å². The normalized spacial score (nSPS) is 11.3. The quantitative estimate of drug-likeness (QED) is 0.135. The lowest BCUT2D eigenvalue weighted by atomic mass is 9.85. The molecule has 0 fully saturated rings. The van der Waals surface area contributed by atoms with Crippen molar-refractivity contribution in [1.82, 2.24) is 29.9 Å². The number of hydrogen-bond acceptors (Lipinski definition) is 7. The third-order valence-electron chi connectivity index (χ3n) is 13.5. The van der Waals surface area contributed by atoms with Crippen molar-refractivity contribution in [3.63, 3.8) is 0 Å². The minimum absolute atomic E-state index is 0.737. The van der Waals surface area contributed by atoms with Gasteiger partial charge in [0.1, 0.15) is 11.3 Å². The van der Waals surface area contributed by atoms with Gasteiger partial charge >= 0.3 is 0 Å². The fourth-order valence-corrected chi connectivity index (χ4v) is 9.97. The van der Waals surface area contributed by atoms with Crippen LogP contribution in [0.2, 0.25) is 0 Å². The molecule has 0 aliphatic heterocycles. The van der Waals surface area contributed by atoms with Crippen LogP contribution in [0.3, 0.4) is 0 Å². The van der Waals surface area contributed by atoms with Crippen LogP contribution in [0.1, 0.15) is 0 Å².